The average Bonchev–Trinajstić information content (AvgIpc) is 3.18. The molecule has 344 valence electrons. The van der Waals surface area contributed by atoms with Gasteiger partial charge in [-0.3, -0.25) is 34.7 Å². The minimum absolute atomic E-state index is 0.0281. The third kappa shape index (κ3) is 19.5. The van der Waals surface area contributed by atoms with Crippen LogP contribution in [0.15, 0.2) is 42.5 Å². The summed E-state index contributed by atoms with van der Waals surface area (Å²) in [5.74, 6) is -2.02. The zero-order valence-corrected chi connectivity index (χ0v) is 37.4. The van der Waals surface area contributed by atoms with Gasteiger partial charge in [0.05, 0.1) is 36.3 Å². The number of rotatable bonds is 23. The van der Waals surface area contributed by atoms with Gasteiger partial charge in [0, 0.05) is 26.4 Å². The quantitative estimate of drug-likeness (QED) is 0.0473. The zero-order valence-electron chi connectivity index (χ0n) is 37.4. The molecule has 2 rings (SSSR count). The monoisotopic (exact) mass is 872 g/mol. The summed E-state index contributed by atoms with van der Waals surface area (Å²) in [7, 11) is 2.88. The van der Waals surface area contributed by atoms with Gasteiger partial charge in [0.2, 0.25) is 17.7 Å². The van der Waals surface area contributed by atoms with Gasteiger partial charge in [0.25, 0.3) is 11.6 Å². The number of methoxy groups -OCH3 is 1. The Morgan fingerprint density at radius 1 is 0.774 bits per heavy atom. The van der Waals surface area contributed by atoms with Crippen molar-refractivity contribution >= 4 is 41.5 Å². The van der Waals surface area contributed by atoms with E-state index in [1.54, 1.807) is 78.8 Å². The molecule has 6 amide bonds. The van der Waals surface area contributed by atoms with Crippen molar-refractivity contribution in [1.29, 1.82) is 0 Å². The molecule has 0 heterocycles. The summed E-state index contributed by atoms with van der Waals surface area (Å²) in [5.41, 5.74) is 4.33. The topological polar surface area (TPSA) is 267 Å². The molecule has 20 nitrogen and oxygen atoms in total. The first-order valence-electron chi connectivity index (χ1n) is 20.4. The van der Waals surface area contributed by atoms with Gasteiger partial charge in [-0.15, -0.1) is 0 Å². The summed E-state index contributed by atoms with van der Waals surface area (Å²) in [6.45, 7) is 13.5. The van der Waals surface area contributed by atoms with Crippen LogP contribution in [0.1, 0.15) is 105 Å². The van der Waals surface area contributed by atoms with Gasteiger partial charge in [-0.25, -0.2) is 15.0 Å². The van der Waals surface area contributed by atoms with Gasteiger partial charge < -0.3 is 45.5 Å². The van der Waals surface area contributed by atoms with Crippen molar-refractivity contribution in [2.75, 3.05) is 27.3 Å². The summed E-state index contributed by atoms with van der Waals surface area (Å²) >= 11 is 0. The number of unbranched alkanes of at least 4 members (excludes halogenated alkanes) is 1. The molecule has 0 spiro atoms. The zero-order chi connectivity index (χ0) is 46.6. The number of hydrazine groups is 1. The van der Waals surface area contributed by atoms with E-state index in [1.165, 1.54) is 33.2 Å². The van der Waals surface area contributed by atoms with Crippen molar-refractivity contribution in [2.24, 2.45) is 0 Å². The van der Waals surface area contributed by atoms with Crippen LogP contribution in [0.25, 0.3) is 0 Å². The van der Waals surface area contributed by atoms with E-state index >= 15 is 0 Å². The van der Waals surface area contributed by atoms with Crippen LogP contribution in [-0.4, -0.2) is 97.4 Å². The lowest BCUT2D eigenvalue weighted by Crippen LogP contribution is -2.58. The van der Waals surface area contributed by atoms with Gasteiger partial charge in [-0.1, -0.05) is 30.3 Å². The molecule has 0 saturated heterocycles. The lowest BCUT2D eigenvalue weighted by atomic mass is 10.0. The van der Waals surface area contributed by atoms with Crippen molar-refractivity contribution in [3.63, 3.8) is 0 Å². The SMILES string of the molecule is CNC(=O)CCCOc1cc([N+](=O)[O-])c(C(C)NNC(=O)[C@H](CCCCNC(=O)OC(C)(C)C)NC(=O)[C@H](Cc2ccccc2)NC(=O)[C@H](C)NC(=O)OC(C)(C)C)cc1OC. The fourth-order valence-electron chi connectivity index (χ4n) is 5.65. The first kappa shape index (κ1) is 52.0. The van der Waals surface area contributed by atoms with Gasteiger partial charge in [-0.2, -0.15) is 0 Å². The highest BCUT2D eigenvalue weighted by Crippen LogP contribution is 2.37. The molecule has 0 aliphatic carbocycles. The van der Waals surface area contributed by atoms with Gasteiger partial charge in [0.15, 0.2) is 11.5 Å². The molecule has 0 fully saturated rings. The number of ether oxygens (including phenoxy) is 4. The lowest BCUT2D eigenvalue weighted by Gasteiger charge is -2.26. The number of hydrogen-bond donors (Lipinski definition) is 7. The van der Waals surface area contributed by atoms with Crippen LogP contribution in [0.5, 0.6) is 11.5 Å². The number of nitro benzene ring substituents is 1. The number of alkyl carbamates (subject to hydrolysis) is 2. The fraction of sp³-hybridized carbons (Fsp3) is 0.571. The predicted octanol–water partition coefficient (Wildman–Crippen LogP) is 4.01. The number of nitrogens with zero attached hydrogens (tertiary/aromatic N) is 1. The Morgan fingerprint density at radius 3 is 2.00 bits per heavy atom. The first-order valence-corrected chi connectivity index (χ1v) is 20.4. The van der Waals surface area contributed by atoms with Crippen LogP contribution < -0.4 is 46.9 Å². The molecule has 0 saturated carbocycles. The number of carbonyl (C=O) groups is 6. The molecule has 0 bridgehead atoms. The normalized spacial score (nSPS) is 13.2. The van der Waals surface area contributed by atoms with E-state index in [0.717, 1.165) is 0 Å². The van der Waals surface area contributed by atoms with Crippen molar-refractivity contribution in [2.45, 2.75) is 129 Å². The Labute approximate surface area is 362 Å². The Bertz CT molecular complexity index is 1830. The smallest absolute Gasteiger partial charge is 0.408 e. The van der Waals surface area contributed by atoms with Crippen LogP contribution in [0.2, 0.25) is 0 Å². The number of nitrogens with one attached hydrogen (secondary N) is 7. The van der Waals surface area contributed by atoms with E-state index in [9.17, 15) is 38.9 Å². The number of amides is 6. The van der Waals surface area contributed by atoms with Gasteiger partial charge in [0.1, 0.15) is 29.3 Å². The van der Waals surface area contributed by atoms with Crippen LogP contribution in [0, 0.1) is 10.1 Å². The molecule has 4 atom stereocenters. The highest BCUT2D eigenvalue weighted by Gasteiger charge is 2.31. The molecule has 62 heavy (non-hydrogen) atoms. The molecule has 0 aliphatic heterocycles. The number of hydrogen-bond acceptors (Lipinski definition) is 13. The molecule has 2 aromatic rings. The van der Waals surface area contributed by atoms with E-state index in [2.05, 4.69) is 37.4 Å². The summed E-state index contributed by atoms with van der Waals surface area (Å²) in [4.78, 5) is 89.0. The standard InChI is InChI=1S/C42H64N8O12/c1-26(29-24-33(59-10)34(25-32(29)50(57)58)60-22-16-20-35(51)43-9)48-49-38(54)30(19-14-15-21-44-39(55)61-41(3,4)5)46-37(53)31(23-28-17-12-11-13-18-28)47-36(52)27(2)45-40(56)62-42(6,7)8/h11-13,17-18,24-27,30-31,48H,14-16,19-23H2,1-10H3,(H,43,51)(H,44,55)(H,45,56)(H,46,53)(H,47,52)(H,49,54)/t26?,27-,30-,31-/m0/s1. The molecule has 0 radical (unpaired) electrons. The molecule has 0 aromatic heterocycles. The van der Waals surface area contributed by atoms with Crippen LogP contribution >= 0.6 is 0 Å². The van der Waals surface area contributed by atoms with Crippen molar-refractivity contribution < 1.29 is 52.6 Å². The molecular weight excluding hydrogens is 809 g/mol. The molecule has 20 heteroatoms. The van der Waals surface area contributed by atoms with E-state index in [-0.39, 0.29) is 61.1 Å². The summed E-state index contributed by atoms with van der Waals surface area (Å²) < 4.78 is 21.7. The van der Waals surface area contributed by atoms with Gasteiger partial charge >= 0.3 is 12.2 Å². The number of nitro groups is 1. The van der Waals surface area contributed by atoms with Crippen LogP contribution in [-0.2, 0) is 35.1 Å². The maximum Gasteiger partial charge on any atom is 0.408 e. The Kier molecular flexibility index (Phi) is 20.9. The molecule has 0 aliphatic rings. The van der Waals surface area contributed by atoms with E-state index in [1.807, 2.05) is 0 Å². The molecule has 1 unspecified atom stereocenters. The highest BCUT2D eigenvalue weighted by molar-refractivity contribution is 5.93. The Morgan fingerprint density at radius 2 is 1.40 bits per heavy atom. The average molecular weight is 873 g/mol. The van der Waals surface area contributed by atoms with Crippen molar-refractivity contribution in [1.82, 2.24) is 37.4 Å². The highest BCUT2D eigenvalue weighted by atomic mass is 16.6. The van der Waals surface area contributed by atoms with Crippen molar-refractivity contribution in [3.05, 3.63) is 63.7 Å². The fourth-order valence-corrected chi connectivity index (χ4v) is 5.65. The van der Waals surface area contributed by atoms with E-state index < -0.39 is 70.2 Å². The number of carbonyl (C=O) groups excluding carboxylic acids is 6. The second-order valence-corrected chi connectivity index (χ2v) is 16.4. The Hall–Kier alpha value is -6.18. The summed E-state index contributed by atoms with van der Waals surface area (Å²) in [6.07, 6.45) is -0.0581. The maximum atomic E-state index is 14.0. The Balaban J connectivity index is 2.32. The third-order valence-corrected chi connectivity index (χ3v) is 8.74. The van der Waals surface area contributed by atoms with Crippen LogP contribution in [0.3, 0.4) is 0 Å². The van der Waals surface area contributed by atoms with Gasteiger partial charge in [-0.05, 0) is 92.7 Å². The molecule has 2 aromatic carbocycles. The lowest BCUT2D eigenvalue weighted by molar-refractivity contribution is -0.385. The molecular formula is C42H64N8O12. The summed E-state index contributed by atoms with van der Waals surface area (Å²) in [5, 5.41) is 25.2. The third-order valence-electron chi connectivity index (χ3n) is 8.74. The largest absolute Gasteiger partial charge is 0.493 e. The minimum atomic E-state index is -1.21. The van der Waals surface area contributed by atoms with E-state index in [4.69, 9.17) is 18.9 Å². The first-order chi connectivity index (χ1) is 29.0. The number of benzene rings is 2. The minimum Gasteiger partial charge on any atom is -0.493 e. The predicted molar refractivity (Wildman–Crippen MR) is 229 cm³/mol. The van der Waals surface area contributed by atoms with Crippen LogP contribution in [0.4, 0.5) is 15.3 Å². The second kappa shape index (κ2) is 24.9. The summed E-state index contributed by atoms with van der Waals surface area (Å²) in [6, 6.07) is 7.08. The maximum absolute atomic E-state index is 14.0. The second-order valence-electron chi connectivity index (χ2n) is 16.4. The van der Waals surface area contributed by atoms with E-state index in [0.29, 0.717) is 24.8 Å². The van der Waals surface area contributed by atoms with Crippen molar-refractivity contribution in [3.8, 4) is 11.5 Å². The molecule has 7 N–H and O–H groups in total.